The zero-order chi connectivity index (χ0) is 30.9. The average molecular weight is 623 g/mol. The van der Waals surface area contributed by atoms with Gasteiger partial charge in [0.05, 0.1) is 0 Å². The van der Waals surface area contributed by atoms with Gasteiger partial charge >= 0.3 is 17.6 Å². The Bertz CT molecular complexity index is 469. The monoisotopic (exact) mass is 623 g/mol. The number of hydrogen-bond donors (Lipinski definition) is 0. The van der Waals surface area contributed by atoms with Gasteiger partial charge < -0.3 is 26.6 Å². The molecule has 0 aromatic rings. The molecule has 0 aromatic carbocycles. The van der Waals surface area contributed by atoms with Gasteiger partial charge in [-0.2, -0.15) is 0 Å². The Labute approximate surface area is 260 Å². The Morgan fingerprint density at radius 1 is 0.317 bits per heavy atom. The molecule has 0 bridgehead atoms. The van der Waals surface area contributed by atoms with Crippen LogP contribution in [0.5, 0.6) is 0 Å². The van der Waals surface area contributed by atoms with Gasteiger partial charge in [-0.15, -0.1) is 0 Å². The van der Waals surface area contributed by atoms with Crippen LogP contribution in [0.15, 0.2) is 0 Å². The van der Waals surface area contributed by atoms with Gasteiger partial charge in [-0.1, -0.05) is 129 Å². The summed E-state index contributed by atoms with van der Waals surface area (Å²) in [6.07, 6.45) is 27.0. The molecular formula is C33H74O6Si2. The Kier molecular flexibility index (Phi) is 35.0. The van der Waals surface area contributed by atoms with Crippen LogP contribution in [0.4, 0.5) is 0 Å². The van der Waals surface area contributed by atoms with Gasteiger partial charge in [-0.05, 0) is 33.6 Å². The molecule has 0 aromatic heterocycles. The Morgan fingerprint density at radius 2 is 0.561 bits per heavy atom. The van der Waals surface area contributed by atoms with Gasteiger partial charge in [-0.3, -0.25) is 0 Å². The van der Waals surface area contributed by atoms with Crippen molar-refractivity contribution < 1.29 is 26.6 Å². The summed E-state index contributed by atoms with van der Waals surface area (Å²) in [6, 6.07) is 1.91. The van der Waals surface area contributed by atoms with E-state index in [2.05, 4.69) is 13.8 Å². The molecule has 0 aliphatic rings. The van der Waals surface area contributed by atoms with E-state index in [0.717, 1.165) is 18.5 Å². The molecule has 0 rings (SSSR count). The van der Waals surface area contributed by atoms with Gasteiger partial charge in [0.1, 0.15) is 0 Å². The lowest BCUT2D eigenvalue weighted by Crippen LogP contribution is -2.45. The van der Waals surface area contributed by atoms with Crippen LogP contribution in [0.25, 0.3) is 0 Å². The molecule has 0 unspecified atom stereocenters. The molecule has 0 saturated heterocycles. The third-order valence-corrected chi connectivity index (χ3v) is 13.7. The third kappa shape index (κ3) is 26.3. The maximum atomic E-state index is 5.89. The lowest BCUT2D eigenvalue weighted by atomic mass is 10.1. The van der Waals surface area contributed by atoms with E-state index in [0.29, 0.717) is 19.8 Å². The fraction of sp³-hybridized carbons (Fsp3) is 1.00. The largest absolute Gasteiger partial charge is 0.500 e. The molecule has 0 aliphatic heterocycles. The van der Waals surface area contributed by atoms with E-state index < -0.39 is 17.6 Å². The predicted octanol–water partition coefficient (Wildman–Crippen LogP) is 10.7. The zero-order valence-corrected chi connectivity index (χ0v) is 31.1. The molecule has 0 heterocycles. The van der Waals surface area contributed by atoms with Crippen LogP contribution < -0.4 is 0 Å². The zero-order valence-electron chi connectivity index (χ0n) is 29.1. The number of unbranched alkanes of at least 4 members (excludes halogenated alkanes) is 18. The van der Waals surface area contributed by atoms with Crippen LogP contribution in [-0.4, -0.2) is 58.8 Å². The average Bonchev–Trinajstić information content (AvgIpc) is 2.98. The van der Waals surface area contributed by atoms with Crippen LogP contribution in [0.2, 0.25) is 12.1 Å². The van der Waals surface area contributed by atoms with Crippen LogP contribution in [0.1, 0.15) is 163 Å². The fourth-order valence-corrected chi connectivity index (χ4v) is 9.70. The smallest absolute Gasteiger partial charge is 0.377 e. The summed E-state index contributed by atoms with van der Waals surface area (Å²) in [7, 11) is 0.376. The molecule has 250 valence electrons. The summed E-state index contributed by atoms with van der Waals surface area (Å²) in [4.78, 5) is 0. The first-order chi connectivity index (χ1) is 20.0. The quantitative estimate of drug-likeness (QED) is 0.0566. The lowest BCUT2D eigenvalue weighted by Gasteiger charge is -2.28. The highest BCUT2D eigenvalue weighted by Gasteiger charge is 2.39. The topological polar surface area (TPSA) is 55.4 Å². The van der Waals surface area contributed by atoms with E-state index in [1.54, 1.807) is 21.3 Å². The molecule has 8 heteroatoms. The molecule has 0 N–H and O–H groups in total. The van der Waals surface area contributed by atoms with Crippen molar-refractivity contribution in [2.75, 3.05) is 41.2 Å². The highest BCUT2D eigenvalue weighted by molar-refractivity contribution is 6.61. The Balaban J connectivity index is 0. The molecule has 41 heavy (non-hydrogen) atoms. The molecule has 0 aliphatic carbocycles. The van der Waals surface area contributed by atoms with Gasteiger partial charge in [0, 0.05) is 53.2 Å². The van der Waals surface area contributed by atoms with Crippen LogP contribution >= 0.6 is 0 Å². The van der Waals surface area contributed by atoms with Gasteiger partial charge in [0.15, 0.2) is 0 Å². The first-order valence-corrected chi connectivity index (χ1v) is 21.4. The molecule has 0 radical (unpaired) electrons. The second-order valence-corrected chi connectivity index (χ2v) is 17.0. The summed E-state index contributed by atoms with van der Waals surface area (Å²) in [5.41, 5.74) is 0. The van der Waals surface area contributed by atoms with Crippen molar-refractivity contribution >= 4 is 17.6 Å². The van der Waals surface area contributed by atoms with Crippen molar-refractivity contribution in [1.29, 1.82) is 0 Å². The van der Waals surface area contributed by atoms with Crippen molar-refractivity contribution in [3.63, 3.8) is 0 Å². The van der Waals surface area contributed by atoms with Crippen molar-refractivity contribution in [2.24, 2.45) is 0 Å². The molecule has 0 fully saturated rings. The summed E-state index contributed by atoms with van der Waals surface area (Å²) in [6.45, 7) is 12.7. The Morgan fingerprint density at radius 3 is 0.805 bits per heavy atom. The standard InChI is InChI=1S/C18H40O3Si.C15H34O3Si/c1-5-9-10-11-12-13-14-15-16-17-18-22(19-6-2,20-7-3)21-8-4;1-5-6-7-8-9-10-11-12-13-14-15-19(16-2,17-3)18-4/h5-18H2,1-4H3;5-15H2,1-4H3. The second kappa shape index (κ2) is 33.1. The number of rotatable bonds is 31. The summed E-state index contributed by atoms with van der Waals surface area (Å²) in [5, 5.41) is 0. The lowest BCUT2D eigenvalue weighted by molar-refractivity contribution is 0.0706. The molecular weight excluding hydrogens is 549 g/mol. The van der Waals surface area contributed by atoms with Crippen molar-refractivity contribution in [3.05, 3.63) is 0 Å². The molecule has 0 atom stereocenters. The normalized spacial score (nSPS) is 12.0. The molecule has 0 spiro atoms. The summed E-state index contributed by atoms with van der Waals surface area (Å²) in [5.74, 6) is 0. The van der Waals surface area contributed by atoms with E-state index in [1.165, 1.54) is 122 Å². The number of hydrogen-bond acceptors (Lipinski definition) is 6. The van der Waals surface area contributed by atoms with E-state index in [4.69, 9.17) is 26.6 Å². The van der Waals surface area contributed by atoms with E-state index in [-0.39, 0.29) is 0 Å². The van der Waals surface area contributed by atoms with E-state index in [1.807, 2.05) is 20.8 Å². The SMILES string of the molecule is CCCCCCCCCCCC[Si](OC)(OC)OC.CCCCCCCCCCCC[Si](OCC)(OCC)OCC. The minimum Gasteiger partial charge on any atom is -0.377 e. The summed E-state index contributed by atoms with van der Waals surface area (Å²) >= 11 is 0. The minimum atomic E-state index is -2.39. The predicted molar refractivity (Wildman–Crippen MR) is 181 cm³/mol. The minimum absolute atomic E-state index is 0.685. The Hall–Kier alpha value is 0.194. The second-order valence-electron chi connectivity index (χ2n) is 11.1. The molecule has 0 amide bonds. The van der Waals surface area contributed by atoms with Crippen molar-refractivity contribution in [2.45, 2.75) is 175 Å². The first-order valence-electron chi connectivity index (χ1n) is 17.6. The highest BCUT2D eigenvalue weighted by atomic mass is 28.4. The van der Waals surface area contributed by atoms with Gasteiger partial charge in [-0.25, -0.2) is 0 Å². The van der Waals surface area contributed by atoms with E-state index in [9.17, 15) is 0 Å². The molecule has 6 nitrogen and oxygen atoms in total. The van der Waals surface area contributed by atoms with Gasteiger partial charge in [0.25, 0.3) is 0 Å². The summed E-state index contributed by atoms with van der Waals surface area (Å²) < 4.78 is 33.9. The van der Waals surface area contributed by atoms with Crippen LogP contribution in [-0.2, 0) is 26.6 Å². The maximum absolute atomic E-state index is 5.89. The highest BCUT2D eigenvalue weighted by Crippen LogP contribution is 2.21. The van der Waals surface area contributed by atoms with Crippen molar-refractivity contribution in [3.8, 4) is 0 Å². The first kappa shape index (κ1) is 43.3. The third-order valence-electron chi connectivity index (χ3n) is 7.70. The van der Waals surface area contributed by atoms with Crippen LogP contribution in [0, 0.1) is 0 Å². The van der Waals surface area contributed by atoms with E-state index >= 15 is 0 Å². The van der Waals surface area contributed by atoms with Crippen molar-refractivity contribution in [1.82, 2.24) is 0 Å². The van der Waals surface area contributed by atoms with Gasteiger partial charge in [0.2, 0.25) is 0 Å². The maximum Gasteiger partial charge on any atom is 0.500 e. The fourth-order valence-electron chi connectivity index (χ4n) is 5.22. The van der Waals surface area contributed by atoms with Crippen LogP contribution in [0.3, 0.4) is 0 Å². The molecule has 0 saturated carbocycles.